The van der Waals surface area contributed by atoms with Crippen molar-refractivity contribution in [1.82, 2.24) is 10.3 Å². The molecule has 0 bridgehead atoms. The first-order valence-corrected chi connectivity index (χ1v) is 8.37. The number of ketones is 1. The highest BCUT2D eigenvalue weighted by molar-refractivity contribution is 9.10. The standard InChI is InChI=1S/C17H19BrN2O6/c1-23-9-25-15-4-3-11(5-16(15)26-10-24-2)14(21)8-20-17(22)13-6-12(18)7-19-13/h3-7,19H,8-10H2,1-2H3,(H,20,22). The fourth-order valence-corrected chi connectivity index (χ4v) is 2.36. The summed E-state index contributed by atoms with van der Waals surface area (Å²) < 4.78 is 21.3. The van der Waals surface area contributed by atoms with Crippen molar-refractivity contribution in [1.29, 1.82) is 0 Å². The summed E-state index contributed by atoms with van der Waals surface area (Å²) in [5, 5.41) is 2.56. The molecule has 1 aromatic carbocycles. The third-order valence-electron chi connectivity index (χ3n) is 3.23. The summed E-state index contributed by atoms with van der Waals surface area (Å²) in [6.07, 6.45) is 1.63. The Morgan fingerprint density at radius 3 is 2.38 bits per heavy atom. The van der Waals surface area contributed by atoms with Gasteiger partial charge in [0.05, 0.1) is 6.54 Å². The second-order valence-electron chi connectivity index (χ2n) is 5.10. The highest BCUT2D eigenvalue weighted by atomic mass is 79.9. The molecule has 9 heteroatoms. The van der Waals surface area contributed by atoms with Crippen molar-refractivity contribution < 1.29 is 28.5 Å². The first-order valence-electron chi connectivity index (χ1n) is 7.58. The fourth-order valence-electron chi connectivity index (χ4n) is 2.02. The normalized spacial score (nSPS) is 10.4. The monoisotopic (exact) mass is 426 g/mol. The van der Waals surface area contributed by atoms with Gasteiger partial charge in [0, 0.05) is 30.5 Å². The number of ether oxygens (including phenoxy) is 4. The molecule has 2 N–H and O–H groups in total. The Morgan fingerprint density at radius 2 is 1.77 bits per heavy atom. The Bertz CT molecular complexity index is 761. The van der Waals surface area contributed by atoms with Crippen molar-refractivity contribution >= 4 is 27.6 Å². The van der Waals surface area contributed by atoms with Crippen molar-refractivity contribution in [3.63, 3.8) is 0 Å². The number of Topliss-reactive ketones (excluding diaryl/α,β-unsaturated/α-hetero) is 1. The molecule has 26 heavy (non-hydrogen) atoms. The number of hydrogen-bond acceptors (Lipinski definition) is 6. The molecule has 0 saturated carbocycles. The Morgan fingerprint density at radius 1 is 1.08 bits per heavy atom. The zero-order valence-electron chi connectivity index (χ0n) is 14.3. The molecule has 1 amide bonds. The molecule has 8 nitrogen and oxygen atoms in total. The summed E-state index contributed by atoms with van der Waals surface area (Å²) in [6.45, 7) is -0.116. The van der Waals surface area contributed by atoms with Crippen LogP contribution in [0.25, 0.3) is 0 Å². The number of H-pyrrole nitrogens is 1. The SMILES string of the molecule is COCOc1ccc(C(=O)CNC(=O)c2cc(Br)c[nH]2)cc1OCOC. The van der Waals surface area contributed by atoms with E-state index >= 15 is 0 Å². The zero-order valence-corrected chi connectivity index (χ0v) is 15.9. The molecule has 2 aromatic rings. The summed E-state index contributed by atoms with van der Waals surface area (Å²) in [5.41, 5.74) is 0.728. The van der Waals surface area contributed by atoms with Gasteiger partial charge in [-0.15, -0.1) is 0 Å². The lowest BCUT2D eigenvalue weighted by Crippen LogP contribution is -2.29. The first kappa shape index (κ1) is 20.0. The van der Waals surface area contributed by atoms with Crippen LogP contribution in [0.5, 0.6) is 11.5 Å². The summed E-state index contributed by atoms with van der Waals surface area (Å²) >= 11 is 3.25. The number of halogens is 1. The third kappa shape index (κ3) is 5.58. The third-order valence-corrected chi connectivity index (χ3v) is 3.69. The average Bonchev–Trinajstić information content (AvgIpc) is 3.09. The van der Waals surface area contributed by atoms with Gasteiger partial charge in [-0.05, 0) is 40.2 Å². The highest BCUT2D eigenvalue weighted by Gasteiger charge is 2.14. The van der Waals surface area contributed by atoms with Crippen molar-refractivity contribution in [2.45, 2.75) is 0 Å². The van der Waals surface area contributed by atoms with Crippen molar-refractivity contribution in [2.24, 2.45) is 0 Å². The van der Waals surface area contributed by atoms with Gasteiger partial charge in [0.1, 0.15) is 5.69 Å². The number of aromatic amines is 1. The number of benzene rings is 1. The van der Waals surface area contributed by atoms with Crippen molar-refractivity contribution in [3.05, 3.63) is 46.2 Å². The molecular formula is C17H19BrN2O6. The van der Waals surface area contributed by atoms with Gasteiger partial charge in [-0.1, -0.05) is 0 Å². The lowest BCUT2D eigenvalue weighted by atomic mass is 10.1. The van der Waals surface area contributed by atoms with Crippen LogP contribution in [0.15, 0.2) is 34.9 Å². The Hall–Kier alpha value is -2.36. The van der Waals surface area contributed by atoms with E-state index in [1.807, 2.05) is 0 Å². The quantitative estimate of drug-likeness (QED) is 0.446. The van der Waals surface area contributed by atoms with Gasteiger partial charge in [-0.25, -0.2) is 0 Å². The number of nitrogens with one attached hydrogen (secondary N) is 2. The number of carbonyl (C=O) groups is 2. The van der Waals surface area contributed by atoms with Crippen molar-refractivity contribution in [2.75, 3.05) is 34.4 Å². The minimum atomic E-state index is -0.375. The minimum absolute atomic E-state index is 0.000572. The molecule has 0 radical (unpaired) electrons. The van der Waals surface area contributed by atoms with Crippen LogP contribution >= 0.6 is 15.9 Å². The zero-order chi connectivity index (χ0) is 18.9. The first-order chi connectivity index (χ1) is 12.5. The van der Waals surface area contributed by atoms with E-state index in [0.717, 1.165) is 4.47 Å². The molecule has 140 valence electrons. The maximum atomic E-state index is 12.4. The Labute approximate surface area is 158 Å². The lowest BCUT2D eigenvalue weighted by molar-refractivity contribution is 0.0322. The number of amides is 1. The molecule has 0 atom stereocenters. The van der Waals surface area contributed by atoms with Gasteiger partial charge in [-0.3, -0.25) is 9.59 Å². The number of hydrogen-bond donors (Lipinski definition) is 2. The van der Waals surface area contributed by atoms with Crippen LogP contribution < -0.4 is 14.8 Å². The minimum Gasteiger partial charge on any atom is -0.464 e. The van der Waals surface area contributed by atoms with Gasteiger partial charge in [0.2, 0.25) is 0 Å². The van der Waals surface area contributed by atoms with Gasteiger partial charge >= 0.3 is 0 Å². The van der Waals surface area contributed by atoms with E-state index in [2.05, 4.69) is 26.2 Å². The molecule has 0 unspecified atom stereocenters. The molecule has 1 heterocycles. The molecule has 0 fully saturated rings. The molecule has 0 aliphatic heterocycles. The lowest BCUT2D eigenvalue weighted by Gasteiger charge is -2.13. The molecule has 1 aromatic heterocycles. The highest BCUT2D eigenvalue weighted by Crippen LogP contribution is 2.28. The number of aromatic nitrogens is 1. The summed E-state index contributed by atoms with van der Waals surface area (Å²) in [6, 6.07) is 6.34. The van der Waals surface area contributed by atoms with Crippen LogP contribution in [0.4, 0.5) is 0 Å². The predicted molar refractivity (Wildman–Crippen MR) is 96.6 cm³/mol. The maximum Gasteiger partial charge on any atom is 0.268 e. The van der Waals surface area contributed by atoms with E-state index in [1.165, 1.54) is 20.3 Å². The molecule has 0 spiro atoms. The smallest absolute Gasteiger partial charge is 0.268 e. The fraction of sp³-hybridized carbons (Fsp3) is 0.294. The van der Waals surface area contributed by atoms with Crippen LogP contribution in [0.3, 0.4) is 0 Å². The van der Waals surface area contributed by atoms with Gasteiger partial charge in [-0.2, -0.15) is 0 Å². The number of rotatable bonds is 10. The van der Waals surface area contributed by atoms with E-state index in [0.29, 0.717) is 22.8 Å². The van der Waals surface area contributed by atoms with E-state index in [-0.39, 0.29) is 31.8 Å². The second kappa shape index (κ2) is 9.95. The van der Waals surface area contributed by atoms with Crippen LogP contribution in [-0.4, -0.2) is 51.0 Å². The maximum absolute atomic E-state index is 12.4. The number of carbonyl (C=O) groups excluding carboxylic acids is 2. The van der Waals surface area contributed by atoms with Gasteiger partial charge < -0.3 is 29.2 Å². The Kier molecular flexibility index (Phi) is 7.64. The van der Waals surface area contributed by atoms with E-state index in [1.54, 1.807) is 24.4 Å². The van der Waals surface area contributed by atoms with Crippen LogP contribution in [-0.2, 0) is 9.47 Å². The molecule has 0 aliphatic rings. The van der Waals surface area contributed by atoms with Gasteiger partial charge in [0.25, 0.3) is 5.91 Å². The molecule has 0 aliphatic carbocycles. The van der Waals surface area contributed by atoms with Crippen LogP contribution in [0, 0.1) is 0 Å². The van der Waals surface area contributed by atoms with Crippen LogP contribution in [0.2, 0.25) is 0 Å². The number of methoxy groups -OCH3 is 2. The second-order valence-corrected chi connectivity index (χ2v) is 6.02. The summed E-state index contributed by atoms with van der Waals surface area (Å²) in [7, 11) is 2.98. The predicted octanol–water partition coefficient (Wildman–Crippen LogP) is 2.36. The van der Waals surface area contributed by atoms with Gasteiger partial charge in [0.15, 0.2) is 30.9 Å². The van der Waals surface area contributed by atoms with E-state index in [4.69, 9.17) is 18.9 Å². The Balaban J connectivity index is 2.03. The van der Waals surface area contributed by atoms with Crippen LogP contribution in [0.1, 0.15) is 20.8 Å². The largest absolute Gasteiger partial charge is 0.464 e. The summed E-state index contributed by atoms with van der Waals surface area (Å²) in [5.74, 6) is 0.111. The van der Waals surface area contributed by atoms with Crippen molar-refractivity contribution in [3.8, 4) is 11.5 Å². The topological polar surface area (TPSA) is 98.9 Å². The molecule has 2 rings (SSSR count). The molecular weight excluding hydrogens is 408 g/mol. The van der Waals surface area contributed by atoms with E-state index in [9.17, 15) is 9.59 Å². The molecule has 0 saturated heterocycles. The van der Waals surface area contributed by atoms with E-state index < -0.39 is 0 Å². The average molecular weight is 427 g/mol. The summed E-state index contributed by atoms with van der Waals surface area (Å²) in [4.78, 5) is 27.1.